The molecule has 4 nitrogen and oxygen atoms in total. The summed E-state index contributed by atoms with van der Waals surface area (Å²) < 4.78 is 0. The van der Waals surface area contributed by atoms with Crippen LogP contribution < -0.4 is 11.1 Å². The summed E-state index contributed by atoms with van der Waals surface area (Å²) >= 11 is 0. The molecule has 2 aromatic rings. The van der Waals surface area contributed by atoms with Gasteiger partial charge < -0.3 is 16.2 Å². The zero-order chi connectivity index (χ0) is 14.2. The highest BCUT2D eigenvalue weighted by atomic mass is 16.2. The van der Waals surface area contributed by atoms with Gasteiger partial charge >= 0.3 is 0 Å². The van der Waals surface area contributed by atoms with Crippen LogP contribution in [0.5, 0.6) is 0 Å². The van der Waals surface area contributed by atoms with Gasteiger partial charge in [0.2, 0.25) is 0 Å². The lowest BCUT2D eigenvalue weighted by atomic mass is 10.0. The van der Waals surface area contributed by atoms with Gasteiger partial charge in [0.15, 0.2) is 0 Å². The molecule has 0 aliphatic carbocycles. The number of hydrogen-bond donors (Lipinski definition) is 3. The summed E-state index contributed by atoms with van der Waals surface area (Å²) in [6.07, 6.45) is 4.78. The number of benzene rings is 1. The molecule has 1 aromatic heterocycles. The molecule has 2 rings (SSSR count). The van der Waals surface area contributed by atoms with E-state index in [1.165, 1.54) is 5.56 Å². The monoisotopic (exact) mass is 273 g/mol. The van der Waals surface area contributed by atoms with Crippen molar-refractivity contribution in [1.29, 1.82) is 0 Å². The van der Waals surface area contributed by atoms with Crippen molar-refractivity contribution in [3.63, 3.8) is 0 Å². The van der Waals surface area contributed by atoms with Crippen LogP contribution in [0.1, 0.15) is 30.9 Å². The van der Waals surface area contributed by atoms with Crippen LogP contribution in [0.3, 0.4) is 0 Å². The molecule has 4 N–H and O–H groups in total. The lowest BCUT2D eigenvalue weighted by Crippen LogP contribution is -2.29. The number of rotatable bonds is 8. The number of fused-ring (bicyclic) bond motifs is 1. The van der Waals surface area contributed by atoms with Gasteiger partial charge in [-0.3, -0.25) is 4.98 Å². The number of aliphatic hydroxyl groups is 1. The van der Waals surface area contributed by atoms with E-state index in [0.29, 0.717) is 6.54 Å². The standard InChI is InChI=1S/C16H23N3O/c17-12-16(19-8-2-1-3-10-20)14-6-7-15-13(11-14)5-4-9-18-15/h4-7,9,11,16,19-20H,1-3,8,10,12,17H2. The fourth-order valence-corrected chi connectivity index (χ4v) is 2.34. The van der Waals surface area contributed by atoms with Gasteiger partial charge in [-0.1, -0.05) is 12.1 Å². The van der Waals surface area contributed by atoms with Crippen LogP contribution in [-0.4, -0.2) is 29.8 Å². The molecule has 0 saturated heterocycles. The van der Waals surface area contributed by atoms with Gasteiger partial charge in [-0.05, 0) is 49.6 Å². The summed E-state index contributed by atoms with van der Waals surface area (Å²) in [6, 6.07) is 10.5. The van der Waals surface area contributed by atoms with E-state index in [2.05, 4.69) is 28.5 Å². The highest BCUT2D eigenvalue weighted by molar-refractivity contribution is 5.79. The molecule has 108 valence electrons. The molecule has 0 saturated carbocycles. The number of nitrogens with one attached hydrogen (secondary N) is 1. The Morgan fingerprint density at radius 3 is 2.90 bits per heavy atom. The Bertz CT molecular complexity index is 530. The molecule has 0 radical (unpaired) electrons. The first-order chi connectivity index (χ1) is 9.85. The van der Waals surface area contributed by atoms with E-state index in [1.54, 1.807) is 0 Å². The molecule has 0 aliphatic heterocycles. The molecule has 4 heteroatoms. The van der Waals surface area contributed by atoms with Gasteiger partial charge in [-0.25, -0.2) is 0 Å². The molecule has 1 heterocycles. The minimum Gasteiger partial charge on any atom is -0.396 e. The van der Waals surface area contributed by atoms with Crippen LogP contribution in [-0.2, 0) is 0 Å². The number of aromatic nitrogens is 1. The van der Waals surface area contributed by atoms with E-state index in [4.69, 9.17) is 10.8 Å². The third-order valence-electron chi connectivity index (χ3n) is 3.49. The van der Waals surface area contributed by atoms with Crippen LogP contribution in [0.2, 0.25) is 0 Å². The fraction of sp³-hybridized carbons (Fsp3) is 0.438. The van der Waals surface area contributed by atoms with Crippen LogP contribution in [0.15, 0.2) is 36.5 Å². The molecule has 0 aliphatic rings. The lowest BCUT2D eigenvalue weighted by Gasteiger charge is -2.17. The topological polar surface area (TPSA) is 71.2 Å². The van der Waals surface area contributed by atoms with Gasteiger partial charge in [-0.2, -0.15) is 0 Å². The van der Waals surface area contributed by atoms with Crippen LogP contribution in [0, 0.1) is 0 Å². The van der Waals surface area contributed by atoms with Crippen molar-refractivity contribution >= 4 is 10.9 Å². The second-order valence-electron chi connectivity index (χ2n) is 4.98. The summed E-state index contributed by atoms with van der Waals surface area (Å²) in [5, 5.41) is 13.4. The Labute approximate surface area is 120 Å². The quantitative estimate of drug-likeness (QED) is 0.643. The second kappa shape index (κ2) is 7.94. The fourth-order valence-electron chi connectivity index (χ4n) is 2.34. The van der Waals surface area contributed by atoms with Gasteiger partial charge in [0.25, 0.3) is 0 Å². The number of hydrogen-bond acceptors (Lipinski definition) is 4. The minimum atomic E-state index is 0.175. The molecule has 0 bridgehead atoms. The maximum absolute atomic E-state index is 8.75. The SMILES string of the molecule is NCC(NCCCCCO)c1ccc2ncccc2c1. The van der Waals surface area contributed by atoms with Crippen molar-refractivity contribution in [2.45, 2.75) is 25.3 Å². The Morgan fingerprint density at radius 2 is 2.10 bits per heavy atom. The Balaban J connectivity index is 1.98. The van der Waals surface area contributed by atoms with Crippen LogP contribution in [0.4, 0.5) is 0 Å². The predicted molar refractivity (Wildman–Crippen MR) is 82.5 cm³/mol. The summed E-state index contributed by atoms with van der Waals surface area (Å²) in [5.41, 5.74) is 8.08. The first-order valence-electron chi connectivity index (χ1n) is 7.24. The molecule has 1 aromatic carbocycles. The molecule has 1 unspecified atom stereocenters. The molecule has 0 amide bonds. The van der Waals surface area contributed by atoms with Crippen molar-refractivity contribution in [3.8, 4) is 0 Å². The van der Waals surface area contributed by atoms with E-state index >= 15 is 0 Å². The Hall–Kier alpha value is -1.49. The number of unbranched alkanes of at least 4 members (excludes halogenated alkanes) is 2. The first kappa shape index (κ1) is 14.9. The Morgan fingerprint density at radius 1 is 1.20 bits per heavy atom. The van der Waals surface area contributed by atoms with E-state index in [-0.39, 0.29) is 12.6 Å². The largest absolute Gasteiger partial charge is 0.396 e. The minimum absolute atomic E-state index is 0.175. The average Bonchev–Trinajstić information content (AvgIpc) is 2.50. The molecular formula is C16H23N3O. The van der Waals surface area contributed by atoms with Crippen molar-refractivity contribution in [2.75, 3.05) is 19.7 Å². The molecule has 0 fully saturated rings. The first-order valence-corrected chi connectivity index (χ1v) is 7.24. The lowest BCUT2D eigenvalue weighted by molar-refractivity contribution is 0.282. The second-order valence-corrected chi connectivity index (χ2v) is 4.98. The molecule has 0 spiro atoms. The number of nitrogens with two attached hydrogens (primary N) is 1. The highest BCUT2D eigenvalue weighted by Gasteiger charge is 2.09. The van der Waals surface area contributed by atoms with Gasteiger partial charge in [0.05, 0.1) is 5.52 Å². The van der Waals surface area contributed by atoms with Crippen molar-refractivity contribution in [1.82, 2.24) is 10.3 Å². The van der Waals surface area contributed by atoms with Gasteiger partial charge in [-0.15, -0.1) is 0 Å². The van der Waals surface area contributed by atoms with Crippen molar-refractivity contribution in [3.05, 3.63) is 42.1 Å². The van der Waals surface area contributed by atoms with E-state index < -0.39 is 0 Å². The summed E-state index contributed by atoms with van der Waals surface area (Å²) in [6.45, 7) is 1.77. The van der Waals surface area contributed by atoms with Crippen LogP contribution in [0.25, 0.3) is 10.9 Å². The molecule has 1 atom stereocenters. The third-order valence-corrected chi connectivity index (χ3v) is 3.49. The van der Waals surface area contributed by atoms with Crippen molar-refractivity contribution < 1.29 is 5.11 Å². The number of pyridine rings is 1. The van der Waals surface area contributed by atoms with E-state index in [9.17, 15) is 0 Å². The maximum atomic E-state index is 8.75. The smallest absolute Gasteiger partial charge is 0.0702 e. The Kier molecular flexibility index (Phi) is 5.92. The predicted octanol–water partition coefficient (Wildman–Crippen LogP) is 1.99. The normalized spacial score (nSPS) is 12.7. The zero-order valence-corrected chi connectivity index (χ0v) is 11.8. The average molecular weight is 273 g/mol. The van der Waals surface area contributed by atoms with Crippen LogP contribution >= 0.6 is 0 Å². The summed E-state index contributed by atoms with van der Waals surface area (Å²) in [5.74, 6) is 0. The number of aliphatic hydroxyl groups excluding tert-OH is 1. The van der Waals surface area contributed by atoms with E-state index in [0.717, 1.165) is 36.7 Å². The van der Waals surface area contributed by atoms with E-state index in [1.807, 2.05) is 18.3 Å². The van der Waals surface area contributed by atoms with Gasteiger partial charge in [0.1, 0.15) is 0 Å². The highest BCUT2D eigenvalue weighted by Crippen LogP contribution is 2.18. The van der Waals surface area contributed by atoms with Crippen molar-refractivity contribution in [2.24, 2.45) is 5.73 Å². The molecular weight excluding hydrogens is 250 g/mol. The summed E-state index contributed by atoms with van der Waals surface area (Å²) in [4.78, 5) is 4.33. The molecule has 20 heavy (non-hydrogen) atoms. The maximum Gasteiger partial charge on any atom is 0.0702 e. The summed E-state index contributed by atoms with van der Waals surface area (Å²) in [7, 11) is 0. The third kappa shape index (κ3) is 4.00. The number of nitrogens with zero attached hydrogens (tertiary/aromatic N) is 1. The zero-order valence-electron chi connectivity index (χ0n) is 11.8. The van der Waals surface area contributed by atoms with Gasteiger partial charge in [0, 0.05) is 30.8 Å².